The van der Waals surface area contributed by atoms with Gasteiger partial charge in [0.05, 0.1) is 12.5 Å². The molecule has 2 rings (SSSR count). The molecule has 1 N–H and O–H groups in total. The van der Waals surface area contributed by atoms with Crippen LogP contribution < -0.4 is 5.32 Å². The van der Waals surface area contributed by atoms with Crippen molar-refractivity contribution in [1.82, 2.24) is 5.32 Å². The summed E-state index contributed by atoms with van der Waals surface area (Å²) in [4.78, 5) is 12.1. The molecule has 0 aliphatic rings. The first-order valence-corrected chi connectivity index (χ1v) is 6.41. The predicted molar refractivity (Wildman–Crippen MR) is 75.7 cm³/mol. The molecule has 96 valence electrons. The van der Waals surface area contributed by atoms with Crippen molar-refractivity contribution in [1.29, 1.82) is 5.26 Å². The van der Waals surface area contributed by atoms with Gasteiger partial charge < -0.3 is 5.32 Å². The highest BCUT2D eigenvalue weighted by Crippen LogP contribution is 2.15. The Morgan fingerprint density at radius 2 is 2.00 bits per heavy atom. The molecular formula is C16H16N2O. The van der Waals surface area contributed by atoms with Crippen LogP contribution in [-0.2, 0) is 0 Å². The number of amides is 1. The zero-order chi connectivity index (χ0) is 13.7. The quantitative estimate of drug-likeness (QED) is 0.908. The van der Waals surface area contributed by atoms with Crippen LogP contribution in [0, 0.1) is 11.3 Å². The minimum Gasteiger partial charge on any atom is -0.348 e. The molecule has 2 aromatic carbocycles. The van der Waals surface area contributed by atoms with Crippen LogP contribution in [0.5, 0.6) is 0 Å². The maximum atomic E-state index is 12.1. The molecule has 0 heterocycles. The summed E-state index contributed by atoms with van der Waals surface area (Å²) in [6.07, 6.45) is 1.10. The normalized spacial score (nSPS) is 11.8. The summed E-state index contributed by atoms with van der Waals surface area (Å²) in [6.45, 7) is 1.96. The van der Waals surface area contributed by atoms with Crippen molar-refractivity contribution in [2.75, 3.05) is 0 Å². The molecule has 3 nitrogen and oxygen atoms in total. The molecule has 1 amide bonds. The van der Waals surface area contributed by atoms with Crippen LogP contribution in [0.4, 0.5) is 0 Å². The maximum absolute atomic E-state index is 12.1. The van der Waals surface area contributed by atoms with E-state index in [-0.39, 0.29) is 11.9 Å². The van der Waals surface area contributed by atoms with Gasteiger partial charge in [-0.25, -0.2) is 0 Å². The molecular weight excluding hydrogens is 236 g/mol. The van der Waals surface area contributed by atoms with Gasteiger partial charge >= 0.3 is 0 Å². The first kappa shape index (κ1) is 13.1. The fourth-order valence-electron chi connectivity index (χ4n) is 2.01. The van der Waals surface area contributed by atoms with Gasteiger partial charge in [0.15, 0.2) is 0 Å². The number of benzene rings is 2. The van der Waals surface area contributed by atoms with E-state index in [0.29, 0.717) is 12.0 Å². The van der Waals surface area contributed by atoms with E-state index in [1.54, 1.807) is 0 Å². The molecule has 0 radical (unpaired) electrons. The fraction of sp³-hybridized carbons (Fsp3) is 0.250. The van der Waals surface area contributed by atoms with E-state index in [9.17, 15) is 4.79 Å². The lowest BCUT2D eigenvalue weighted by atomic mass is 10.1. The van der Waals surface area contributed by atoms with Crippen LogP contribution >= 0.6 is 0 Å². The third-order valence-electron chi connectivity index (χ3n) is 3.18. The summed E-state index contributed by atoms with van der Waals surface area (Å²) >= 11 is 0. The van der Waals surface area contributed by atoms with Crippen LogP contribution in [-0.4, -0.2) is 11.9 Å². The predicted octanol–water partition coefficient (Wildman–Crippen LogP) is 3.26. The largest absolute Gasteiger partial charge is 0.348 e. The average molecular weight is 252 g/mol. The molecule has 19 heavy (non-hydrogen) atoms. The van der Waals surface area contributed by atoms with E-state index in [1.807, 2.05) is 49.4 Å². The molecule has 3 heteroatoms. The van der Waals surface area contributed by atoms with Gasteiger partial charge in [-0.05, 0) is 29.3 Å². The van der Waals surface area contributed by atoms with Crippen molar-refractivity contribution in [2.24, 2.45) is 0 Å². The lowest BCUT2D eigenvalue weighted by molar-refractivity contribution is 0.0937. The van der Waals surface area contributed by atoms with E-state index >= 15 is 0 Å². The Hall–Kier alpha value is -2.34. The molecule has 0 aliphatic heterocycles. The summed E-state index contributed by atoms with van der Waals surface area (Å²) in [7, 11) is 0. The highest BCUT2D eigenvalue weighted by Gasteiger charge is 2.12. The Morgan fingerprint density at radius 3 is 2.68 bits per heavy atom. The topological polar surface area (TPSA) is 52.9 Å². The lowest BCUT2D eigenvalue weighted by Gasteiger charge is -2.13. The van der Waals surface area contributed by atoms with E-state index in [4.69, 9.17) is 5.26 Å². The minimum absolute atomic E-state index is 0.0797. The molecule has 2 aromatic rings. The molecule has 0 aromatic heterocycles. The van der Waals surface area contributed by atoms with Crippen molar-refractivity contribution in [3.8, 4) is 6.07 Å². The zero-order valence-corrected chi connectivity index (χ0v) is 10.9. The van der Waals surface area contributed by atoms with Gasteiger partial charge in [0.25, 0.3) is 5.91 Å². The van der Waals surface area contributed by atoms with Gasteiger partial charge in [0.2, 0.25) is 0 Å². The van der Waals surface area contributed by atoms with E-state index in [0.717, 1.165) is 17.2 Å². The summed E-state index contributed by atoms with van der Waals surface area (Å²) in [5.41, 5.74) is 0.634. The van der Waals surface area contributed by atoms with E-state index in [2.05, 4.69) is 11.4 Å². The second-order valence-corrected chi connectivity index (χ2v) is 4.50. The van der Waals surface area contributed by atoms with Crippen LogP contribution in [0.15, 0.2) is 42.5 Å². The van der Waals surface area contributed by atoms with Crippen LogP contribution in [0.2, 0.25) is 0 Å². The van der Waals surface area contributed by atoms with Crippen molar-refractivity contribution >= 4 is 16.7 Å². The van der Waals surface area contributed by atoms with Gasteiger partial charge in [-0.1, -0.05) is 37.3 Å². The SMILES string of the molecule is CCC(CC#N)NC(=O)c1ccc2ccccc2c1. The number of nitrogens with one attached hydrogen (secondary N) is 1. The third kappa shape index (κ3) is 3.11. The molecule has 0 aliphatic carbocycles. The monoisotopic (exact) mass is 252 g/mol. The molecule has 0 fully saturated rings. The smallest absolute Gasteiger partial charge is 0.251 e. The van der Waals surface area contributed by atoms with Crippen molar-refractivity contribution in [3.63, 3.8) is 0 Å². The molecule has 0 saturated carbocycles. The average Bonchev–Trinajstić information content (AvgIpc) is 2.46. The maximum Gasteiger partial charge on any atom is 0.251 e. The summed E-state index contributed by atoms with van der Waals surface area (Å²) in [5.74, 6) is -0.118. The Bertz CT molecular complexity index is 628. The number of carbonyl (C=O) groups is 1. The molecule has 0 bridgehead atoms. The fourth-order valence-corrected chi connectivity index (χ4v) is 2.01. The Kier molecular flexibility index (Phi) is 4.15. The van der Waals surface area contributed by atoms with E-state index < -0.39 is 0 Å². The molecule has 1 atom stereocenters. The Morgan fingerprint density at radius 1 is 1.26 bits per heavy atom. The summed E-state index contributed by atoms with van der Waals surface area (Å²) in [5, 5.41) is 13.7. The van der Waals surface area contributed by atoms with Crippen LogP contribution in [0.1, 0.15) is 30.1 Å². The van der Waals surface area contributed by atoms with E-state index in [1.165, 1.54) is 0 Å². The Balaban J connectivity index is 2.19. The number of nitrogens with zero attached hydrogens (tertiary/aromatic N) is 1. The van der Waals surface area contributed by atoms with Crippen molar-refractivity contribution in [2.45, 2.75) is 25.8 Å². The number of hydrogen-bond acceptors (Lipinski definition) is 2. The van der Waals surface area contributed by atoms with Gasteiger partial charge in [-0.3, -0.25) is 4.79 Å². The highest BCUT2D eigenvalue weighted by atomic mass is 16.1. The molecule has 1 unspecified atom stereocenters. The third-order valence-corrected chi connectivity index (χ3v) is 3.18. The molecule has 0 saturated heterocycles. The number of fused-ring (bicyclic) bond motifs is 1. The molecule has 0 spiro atoms. The van der Waals surface area contributed by atoms with Crippen LogP contribution in [0.25, 0.3) is 10.8 Å². The van der Waals surface area contributed by atoms with Crippen molar-refractivity contribution < 1.29 is 4.79 Å². The number of hydrogen-bond donors (Lipinski definition) is 1. The second-order valence-electron chi connectivity index (χ2n) is 4.50. The van der Waals surface area contributed by atoms with Crippen molar-refractivity contribution in [3.05, 3.63) is 48.0 Å². The zero-order valence-electron chi connectivity index (χ0n) is 10.9. The first-order chi connectivity index (χ1) is 9.24. The number of nitriles is 1. The standard InChI is InChI=1S/C16H16N2O/c1-2-15(9-10-17)18-16(19)14-8-7-12-5-3-4-6-13(12)11-14/h3-8,11,15H,2,9H2,1H3,(H,18,19). The van der Waals surface area contributed by atoms with Gasteiger partial charge in [0, 0.05) is 11.6 Å². The summed E-state index contributed by atoms with van der Waals surface area (Å²) < 4.78 is 0. The highest BCUT2D eigenvalue weighted by molar-refractivity contribution is 5.98. The number of carbonyl (C=O) groups excluding carboxylic acids is 1. The van der Waals surface area contributed by atoms with Gasteiger partial charge in [-0.2, -0.15) is 5.26 Å². The lowest BCUT2D eigenvalue weighted by Crippen LogP contribution is -2.34. The minimum atomic E-state index is -0.118. The van der Waals surface area contributed by atoms with Gasteiger partial charge in [-0.15, -0.1) is 0 Å². The second kappa shape index (κ2) is 6.01. The summed E-state index contributed by atoms with van der Waals surface area (Å²) in [6, 6.07) is 15.6. The van der Waals surface area contributed by atoms with Gasteiger partial charge in [0.1, 0.15) is 0 Å². The Labute approximate surface area is 112 Å². The first-order valence-electron chi connectivity index (χ1n) is 6.41. The number of rotatable bonds is 4. The van der Waals surface area contributed by atoms with Crippen LogP contribution in [0.3, 0.4) is 0 Å².